The first-order valence-corrected chi connectivity index (χ1v) is 8.05. The van der Waals surface area contributed by atoms with Gasteiger partial charge in [-0.3, -0.25) is 4.99 Å². The van der Waals surface area contributed by atoms with Gasteiger partial charge in [-0.05, 0) is 25.0 Å². The molecule has 2 rings (SSSR count). The van der Waals surface area contributed by atoms with Crippen LogP contribution in [0.5, 0.6) is 0 Å². The number of thioether (sulfide) groups is 2. The van der Waals surface area contributed by atoms with Crippen LogP contribution in [-0.4, -0.2) is 15.9 Å². The molecule has 0 radical (unpaired) electrons. The third kappa shape index (κ3) is 3.67. The molecule has 0 atom stereocenters. The molecule has 0 saturated carbocycles. The SMILES string of the molecule is C=C1SC(SCc2ccccc2CC(=O)[O-])=NC1(C)C. The first kappa shape index (κ1) is 15.2. The number of benzene rings is 1. The van der Waals surface area contributed by atoms with Gasteiger partial charge in [0.05, 0.1) is 5.54 Å². The molecule has 0 amide bonds. The summed E-state index contributed by atoms with van der Waals surface area (Å²) in [6, 6.07) is 7.55. The summed E-state index contributed by atoms with van der Waals surface area (Å²) in [5.41, 5.74) is 1.61. The van der Waals surface area contributed by atoms with Gasteiger partial charge in [0.1, 0.15) is 4.38 Å². The normalized spacial score (nSPS) is 17.1. The highest BCUT2D eigenvalue weighted by molar-refractivity contribution is 8.40. The summed E-state index contributed by atoms with van der Waals surface area (Å²) >= 11 is 3.22. The summed E-state index contributed by atoms with van der Waals surface area (Å²) in [5, 5.41) is 10.8. The second-order valence-corrected chi connectivity index (χ2v) is 7.37. The number of carboxylic acid groups (broad SMARTS) is 1. The Hall–Kier alpha value is -1.20. The fourth-order valence-corrected chi connectivity index (χ4v) is 4.12. The molecule has 0 aliphatic carbocycles. The minimum absolute atomic E-state index is 0.0471. The van der Waals surface area contributed by atoms with Gasteiger partial charge in [-0.1, -0.05) is 54.4 Å². The summed E-state index contributed by atoms with van der Waals surface area (Å²) in [6.45, 7) is 8.10. The molecule has 0 saturated heterocycles. The maximum atomic E-state index is 10.8. The van der Waals surface area contributed by atoms with Crippen molar-refractivity contribution < 1.29 is 9.90 Å². The molecule has 3 nitrogen and oxygen atoms in total. The van der Waals surface area contributed by atoms with Crippen molar-refractivity contribution in [3.8, 4) is 0 Å². The Labute approximate surface area is 127 Å². The van der Waals surface area contributed by atoms with Crippen LogP contribution in [0.25, 0.3) is 0 Å². The Bertz CT molecular complexity index is 579. The first-order valence-electron chi connectivity index (χ1n) is 6.25. The van der Waals surface area contributed by atoms with Crippen LogP contribution in [0.4, 0.5) is 0 Å². The minimum atomic E-state index is -1.05. The highest BCUT2D eigenvalue weighted by Gasteiger charge is 2.29. The van der Waals surface area contributed by atoms with Crippen molar-refractivity contribution in [2.24, 2.45) is 4.99 Å². The van der Waals surface area contributed by atoms with E-state index >= 15 is 0 Å². The standard InChI is InChI=1S/C15H17NO2S2/c1-10-15(2,3)16-14(20-10)19-9-12-7-5-4-6-11(12)8-13(17)18/h4-7H,1,8-9H2,2-3H3,(H,17,18)/p-1. The quantitative estimate of drug-likeness (QED) is 0.858. The molecule has 0 unspecified atom stereocenters. The predicted octanol–water partition coefficient (Wildman–Crippen LogP) is 2.61. The number of hydrogen-bond acceptors (Lipinski definition) is 5. The van der Waals surface area contributed by atoms with Gasteiger partial charge >= 0.3 is 0 Å². The van der Waals surface area contributed by atoms with E-state index in [0.717, 1.165) is 20.4 Å². The van der Waals surface area contributed by atoms with Gasteiger partial charge in [0.15, 0.2) is 0 Å². The van der Waals surface area contributed by atoms with Crippen molar-refractivity contribution in [1.82, 2.24) is 0 Å². The molecule has 0 aromatic heterocycles. The van der Waals surface area contributed by atoms with Crippen LogP contribution in [-0.2, 0) is 17.0 Å². The highest BCUT2D eigenvalue weighted by atomic mass is 32.2. The van der Waals surface area contributed by atoms with E-state index in [1.807, 2.05) is 38.1 Å². The molecule has 0 bridgehead atoms. The average Bonchev–Trinajstić information content (AvgIpc) is 2.61. The van der Waals surface area contributed by atoms with Gasteiger partial charge < -0.3 is 9.90 Å². The molecule has 0 fully saturated rings. The molecular weight excluding hydrogens is 290 g/mol. The summed E-state index contributed by atoms with van der Waals surface area (Å²) in [6.07, 6.45) is -0.0471. The Morgan fingerprint density at radius 3 is 2.60 bits per heavy atom. The zero-order valence-electron chi connectivity index (χ0n) is 11.5. The van der Waals surface area contributed by atoms with E-state index in [4.69, 9.17) is 0 Å². The van der Waals surface area contributed by atoms with E-state index in [-0.39, 0.29) is 12.0 Å². The lowest BCUT2D eigenvalue weighted by Gasteiger charge is -2.12. The van der Waals surface area contributed by atoms with E-state index in [2.05, 4.69) is 11.6 Å². The topological polar surface area (TPSA) is 52.5 Å². The van der Waals surface area contributed by atoms with Crippen molar-refractivity contribution in [2.45, 2.75) is 31.6 Å². The van der Waals surface area contributed by atoms with E-state index in [9.17, 15) is 9.90 Å². The van der Waals surface area contributed by atoms with E-state index in [1.54, 1.807) is 23.5 Å². The van der Waals surface area contributed by atoms with Gasteiger partial charge in [-0.25, -0.2) is 0 Å². The molecule has 20 heavy (non-hydrogen) atoms. The van der Waals surface area contributed by atoms with Crippen LogP contribution >= 0.6 is 23.5 Å². The van der Waals surface area contributed by atoms with Crippen LogP contribution < -0.4 is 5.11 Å². The van der Waals surface area contributed by atoms with Gasteiger partial charge in [0.25, 0.3) is 0 Å². The summed E-state index contributed by atoms with van der Waals surface area (Å²) in [5.74, 6) is -0.344. The number of rotatable bonds is 4. The Morgan fingerprint density at radius 1 is 1.40 bits per heavy atom. The van der Waals surface area contributed by atoms with Gasteiger partial charge in [-0.15, -0.1) is 0 Å². The third-order valence-electron chi connectivity index (χ3n) is 3.07. The predicted molar refractivity (Wildman–Crippen MR) is 84.7 cm³/mol. The fourth-order valence-electron chi connectivity index (χ4n) is 1.77. The molecule has 1 heterocycles. The first-order chi connectivity index (χ1) is 9.38. The second-order valence-electron chi connectivity index (χ2n) is 5.07. The van der Waals surface area contributed by atoms with Crippen molar-refractivity contribution in [1.29, 1.82) is 0 Å². The van der Waals surface area contributed by atoms with Gasteiger partial charge in [0.2, 0.25) is 0 Å². The average molecular weight is 306 g/mol. The molecule has 106 valence electrons. The maximum Gasteiger partial charge on any atom is 0.130 e. The van der Waals surface area contributed by atoms with Crippen LogP contribution in [0.2, 0.25) is 0 Å². The number of carbonyl (C=O) groups is 1. The van der Waals surface area contributed by atoms with Crippen LogP contribution in [0, 0.1) is 0 Å². The van der Waals surface area contributed by atoms with Crippen molar-refractivity contribution in [2.75, 3.05) is 0 Å². The summed E-state index contributed by atoms with van der Waals surface area (Å²) in [4.78, 5) is 16.4. The molecule has 1 aliphatic heterocycles. The highest BCUT2D eigenvalue weighted by Crippen LogP contribution is 2.42. The van der Waals surface area contributed by atoms with Crippen LogP contribution in [0.15, 0.2) is 40.7 Å². The van der Waals surface area contributed by atoms with E-state index < -0.39 is 5.97 Å². The number of carboxylic acids is 1. The van der Waals surface area contributed by atoms with Crippen LogP contribution in [0.3, 0.4) is 0 Å². The van der Waals surface area contributed by atoms with Crippen molar-refractivity contribution in [3.05, 3.63) is 46.9 Å². The largest absolute Gasteiger partial charge is 0.550 e. The maximum absolute atomic E-state index is 10.8. The fraction of sp³-hybridized carbons (Fsp3) is 0.333. The number of carbonyl (C=O) groups excluding carboxylic acids is 1. The van der Waals surface area contributed by atoms with E-state index in [0.29, 0.717) is 5.75 Å². The zero-order valence-corrected chi connectivity index (χ0v) is 13.1. The second kappa shape index (κ2) is 6.06. The minimum Gasteiger partial charge on any atom is -0.550 e. The van der Waals surface area contributed by atoms with Crippen molar-refractivity contribution in [3.63, 3.8) is 0 Å². The smallest absolute Gasteiger partial charge is 0.130 e. The lowest BCUT2D eigenvalue weighted by molar-refractivity contribution is -0.304. The Morgan fingerprint density at radius 2 is 2.05 bits per heavy atom. The van der Waals surface area contributed by atoms with Crippen molar-refractivity contribution >= 4 is 33.9 Å². The molecule has 0 N–H and O–H groups in total. The monoisotopic (exact) mass is 306 g/mol. The molecule has 1 aliphatic rings. The lowest BCUT2D eigenvalue weighted by Crippen LogP contribution is -2.24. The number of hydrogen-bond donors (Lipinski definition) is 0. The third-order valence-corrected chi connectivity index (χ3v) is 5.48. The molecule has 1 aromatic carbocycles. The lowest BCUT2D eigenvalue weighted by atomic mass is 10.1. The van der Waals surface area contributed by atoms with Gasteiger partial charge in [-0.2, -0.15) is 0 Å². The molecule has 0 spiro atoms. The number of aliphatic carboxylic acids is 1. The summed E-state index contributed by atoms with van der Waals surface area (Å²) in [7, 11) is 0. The number of aliphatic imine (C=N–C) groups is 1. The molecular formula is C15H16NO2S2-. The zero-order chi connectivity index (χ0) is 14.8. The van der Waals surface area contributed by atoms with Gasteiger partial charge in [0, 0.05) is 23.0 Å². The summed E-state index contributed by atoms with van der Waals surface area (Å²) < 4.78 is 0.989. The number of nitrogens with zero attached hydrogens (tertiary/aromatic N) is 1. The molecule has 5 heteroatoms. The van der Waals surface area contributed by atoms with Crippen LogP contribution in [0.1, 0.15) is 25.0 Å². The molecule has 1 aromatic rings. The Balaban J connectivity index is 2.05. The Kier molecular flexibility index (Phi) is 4.60. The van der Waals surface area contributed by atoms with E-state index in [1.165, 1.54) is 0 Å².